The van der Waals surface area contributed by atoms with Gasteiger partial charge in [0, 0.05) is 22.6 Å². The zero-order chi connectivity index (χ0) is 13.7. The maximum absolute atomic E-state index is 13.3. The second-order valence-corrected chi connectivity index (χ2v) is 4.89. The first-order valence-corrected chi connectivity index (χ1v) is 6.35. The van der Waals surface area contributed by atoms with Crippen molar-refractivity contribution in [2.75, 3.05) is 0 Å². The number of phenols is 1. The quantitative estimate of drug-likeness (QED) is 0.754. The number of nitrogens with one attached hydrogen (secondary N) is 1. The molecule has 0 fully saturated rings. The molecule has 0 aromatic heterocycles. The summed E-state index contributed by atoms with van der Waals surface area (Å²) in [6.45, 7) is 2.08. The van der Waals surface area contributed by atoms with Gasteiger partial charge in [0.1, 0.15) is 0 Å². The van der Waals surface area contributed by atoms with Crippen molar-refractivity contribution in [3.63, 3.8) is 0 Å². The van der Waals surface area contributed by atoms with Crippen LogP contribution in [0.2, 0.25) is 0 Å². The normalized spacial score (nSPS) is 12.4. The fourth-order valence-electron chi connectivity index (χ4n) is 1.58. The third-order valence-corrected chi connectivity index (χ3v) is 3.06. The van der Waals surface area contributed by atoms with Crippen molar-refractivity contribution in [3.8, 4) is 5.75 Å². The van der Waals surface area contributed by atoms with Gasteiger partial charge in [-0.2, -0.15) is 0 Å². The molecule has 0 amide bonds. The van der Waals surface area contributed by atoms with E-state index in [2.05, 4.69) is 21.2 Å². The Morgan fingerprint density at radius 3 is 2.78 bits per heavy atom. The van der Waals surface area contributed by atoms with Crippen LogP contribution in [-0.2, 0) is 11.3 Å². The van der Waals surface area contributed by atoms with Gasteiger partial charge in [0.05, 0.1) is 6.42 Å². The monoisotopic (exact) mass is 319 g/mol. The summed E-state index contributed by atoms with van der Waals surface area (Å²) in [5.74, 6) is -2.00. The van der Waals surface area contributed by atoms with Crippen molar-refractivity contribution in [1.29, 1.82) is 0 Å². The van der Waals surface area contributed by atoms with Gasteiger partial charge in [-0.05, 0) is 18.6 Å². The van der Waals surface area contributed by atoms with Gasteiger partial charge >= 0.3 is 5.97 Å². The highest BCUT2D eigenvalue weighted by Crippen LogP contribution is 2.26. The molecule has 18 heavy (non-hydrogen) atoms. The number of rotatable bonds is 6. The lowest BCUT2D eigenvalue weighted by Crippen LogP contribution is -2.30. The minimum Gasteiger partial charge on any atom is -0.505 e. The third kappa shape index (κ3) is 4.27. The summed E-state index contributed by atoms with van der Waals surface area (Å²) in [5.41, 5.74) is 0.394. The van der Waals surface area contributed by atoms with Gasteiger partial charge in [-0.1, -0.05) is 22.9 Å². The first-order valence-electron chi connectivity index (χ1n) is 5.56. The summed E-state index contributed by atoms with van der Waals surface area (Å²) >= 11 is 3.14. The van der Waals surface area contributed by atoms with Gasteiger partial charge in [-0.15, -0.1) is 0 Å². The lowest BCUT2D eigenvalue weighted by atomic mass is 10.1. The Morgan fingerprint density at radius 2 is 2.22 bits per heavy atom. The van der Waals surface area contributed by atoms with E-state index >= 15 is 0 Å². The summed E-state index contributed by atoms with van der Waals surface area (Å²) in [5, 5.41) is 21.2. The minimum atomic E-state index is -0.890. The zero-order valence-corrected chi connectivity index (χ0v) is 11.5. The third-order valence-electron chi connectivity index (χ3n) is 2.60. The SMILES string of the molecule is CC[C@H](CC(=O)O)NCc1cc(Br)cc(F)c1O. The molecule has 6 heteroatoms. The van der Waals surface area contributed by atoms with Crippen molar-refractivity contribution in [2.24, 2.45) is 0 Å². The van der Waals surface area contributed by atoms with E-state index in [4.69, 9.17) is 5.11 Å². The summed E-state index contributed by atoms with van der Waals surface area (Å²) in [4.78, 5) is 10.6. The van der Waals surface area contributed by atoms with Gasteiger partial charge in [0.15, 0.2) is 11.6 Å². The molecular weight excluding hydrogens is 305 g/mol. The molecule has 0 aliphatic carbocycles. The van der Waals surface area contributed by atoms with E-state index in [-0.39, 0.29) is 19.0 Å². The Bertz CT molecular complexity index is 440. The second kappa shape index (κ2) is 6.70. The molecule has 0 radical (unpaired) electrons. The average molecular weight is 320 g/mol. The van der Waals surface area contributed by atoms with Crippen molar-refractivity contribution in [3.05, 3.63) is 28.0 Å². The van der Waals surface area contributed by atoms with Crippen LogP contribution in [0.4, 0.5) is 4.39 Å². The van der Waals surface area contributed by atoms with Crippen molar-refractivity contribution in [1.82, 2.24) is 5.32 Å². The van der Waals surface area contributed by atoms with E-state index in [1.54, 1.807) is 6.07 Å². The van der Waals surface area contributed by atoms with E-state index in [0.717, 1.165) is 0 Å². The van der Waals surface area contributed by atoms with Crippen LogP contribution in [0.25, 0.3) is 0 Å². The summed E-state index contributed by atoms with van der Waals surface area (Å²) < 4.78 is 13.8. The molecule has 0 unspecified atom stereocenters. The van der Waals surface area contributed by atoms with Crippen LogP contribution < -0.4 is 5.32 Å². The predicted molar refractivity (Wildman–Crippen MR) is 68.9 cm³/mol. The van der Waals surface area contributed by atoms with Gasteiger partial charge in [-0.25, -0.2) is 4.39 Å². The summed E-state index contributed by atoms with van der Waals surface area (Å²) in [7, 11) is 0. The molecule has 100 valence electrons. The highest BCUT2D eigenvalue weighted by molar-refractivity contribution is 9.10. The molecule has 1 atom stereocenters. The van der Waals surface area contributed by atoms with E-state index in [9.17, 15) is 14.3 Å². The van der Waals surface area contributed by atoms with Crippen molar-refractivity contribution >= 4 is 21.9 Å². The molecule has 4 nitrogen and oxygen atoms in total. The largest absolute Gasteiger partial charge is 0.505 e. The Balaban J connectivity index is 2.70. The first-order chi connectivity index (χ1) is 8.43. The maximum atomic E-state index is 13.3. The fraction of sp³-hybridized carbons (Fsp3) is 0.417. The standard InChI is InChI=1S/C12H15BrFNO3/c1-2-9(5-11(16)17)15-6-7-3-8(13)4-10(14)12(7)18/h3-4,9,15,18H,2,5-6H2,1H3,(H,16,17)/t9-/m1/s1. The van der Waals surface area contributed by atoms with E-state index in [1.165, 1.54) is 6.07 Å². The number of hydrogen-bond acceptors (Lipinski definition) is 3. The number of carboxylic acids is 1. The highest BCUT2D eigenvalue weighted by atomic mass is 79.9. The van der Waals surface area contributed by atoms with Crippen LogP contribution >= 0.6 is 15.9 Å². The molecule has 0 saturated heterocycles. The number of halogens is 2. The number of phenolic OH excluding ortho intramolecular Hbond substituents is 1. The molecule has 1 aromatic rings. The Kier molecular flexibility index (Phi) is 5.55. The molecule has 0 aliphatic rings. The van der Waals surface area contributed by atoms with Crippen LogP contribution in [-0.4, -0.2) is 22.2 Å². The number of hydrogen-bond donors (Lipinski definition) is 3. The summed E-state index contributed by atoms with van der Waals surface area (Å²) in [6.07, 6.45) is 0.636. The lowest BCUT2D eigenvalue weighted by molar-refractivity contribution is -0.137. The van der Waals surface area contributed by atoms with Gasteiger partial charge in [-0.3, -0.25) is 4.79 Å². The molecule has 1 rings (SSSR count). The minimum absolute atomic E-state index is 0.00620. The van der Waals surface area contributed by atoms with E-state index in [1.807, 2.05) is 6.92 Å². The smallest absolute Gasteiger partial charge is 0.304 e. The van der Waals surface area contributed by atoms with Gasteiger partial charge in [0.25, 0.3) is 0 Å². The highest BCUT2D eigenvalue weighted by Gasteiger charge is 2.13. The van der Waals surface area contributed by atoms with Crippen molar-refractivity contribution in [2.45, 2.75) is 32.4 Å². The fourth-order valence-corrected chi connectivity index (χ4v) is 2.06. The van der Waals surface area contributed by atoms with Crippen LogP contribution in [0.1, 0.15) is 25.3 Å². The van der Waals surface area contributed by atoms with Gasteiger partial charge in [0.2, 0.25) is 0 Å². The molecule has 3 N–H and O–H groups in total. The second-order valence-electron chi connectivity index (χ2n) is 3.98. The molecule has 0 spiro atoms. The predicted octanol–water partition coefficient (Wildman–Crippen LogP) is 2.64. The molecular formula is C12H15BrFNO3. The maximum Gasteiger partial charge on any atom is 0.304 e. The molecule has 0 bridgehead atoms. The Morgan fingerprint density at radius 1 is 1.56 bits per heavy atom. The number of carboxylic acid groups (broad SMARTS) is 1. The molecule has 0 heterocycles. The van der Waals surface area contributed by atoms with E-state index in [0.29, 0.717) is 16.5 Å². The van der Waals surface area contributed by atoms with E-state index < -0.39 is 17.5 Å². The molecule has 0 saturated carbocycles. The van der Waals surface area contributed by atoms with Crippen molar-refractivity contribution < 1.29 is 19.4 Å². The van der Waals surface area contributed by atoms with Crippen LogP contribution in [0.15, 0.2) is 16.6 Å². The van der Waals surface area contributed by atoms with Crippen LogP contribution in [0, 0.1) is 5.82 Å². The number of aromatic hydroxyl groups is 1. The zero-order valence-electron chi connectivity index (χ0n) is 9.91. The Hall–Kier alpha value is -1.14. The first kappa shape index (κ1) is 14.9. The number of aliphatic carboxylic acids is 1. The van der Waals surface area contributed by atoms with Crippen LogP contribution in [0.5, 0.6) is 5.75 Å². The molecule has 0 aliphatic heterocycles. The van der Waals surface area contributed by atoms with Crippen LogP contribution in [0.3, 0.4) is 0 Å². The summed E-state index contributed by atoms with van der Waals surface area (Å²) in [6, 6.07) is 2.57. The average Bonchev–Trinajstić information content (AvgIpc) is 2.29. The number of benzene rings is 1. The lowest BCUT2D eigenvalue weighted by Gasteiger charge is -2.15. The van der Waals surface area contributed by atoms with Gasteiger partial charge < -0.3 is 15.5 Å². The molecule has 1 aromatic carbocycles. The topological polar surface area (TPSA) is 69.6 Å². The Labute approximate surface area is 113 Å². The number of carbonyl (C=O) groups is 1.